The van der Waals surface area contributed by atoms with Crippen molar-refractivity contribution in [3.05, 3.63) is 12.2 Å². The van der Waals surface area contributed by atoms with Gasteiger partial charge in [-0.25, -0.2) is 0 Å². The molecule has 6 aliphatic rings. The second kappa shape index (κ2) is 11.2. The smallest absolute Gasteiger partial charge is 0.246 e. The first kappa shape index (κ1) is 26.8. The molecule has 7 heteroatoms. The van der Waals surface area contributed by atoms with Gasteiger partial charge in [-0.1, -0.05) is 25.3 Å². The number of carbonyl (C=O) groups is 2. The van der Waals surface area contributed by atoms with Crippen LogP contribution in [0.25, 0.3) is 0 Å². The Hall–Kier alpha value is -1.44. The zero-order chi connectivity index (χ0) is 26.4. The largest absolute Gasteiger partial charge is 0.368 e. The first-order valence-corrected chi connectivity index (χ1v) is 15.8. The summed E-state index contributed by atoms with van der Waals surface area (Å²) in [6.07, 6.45) is 11.2. The quantitative estimate of drug-likeness (QED) is 0.475. The predicted molar refractivity (Wildman–Crippen MR) is 148 cm³/mol. The number of piperidine rings is 2. The Balaban J connectivity index is 1.16. The van der Waals surface area contributed by atoms with Crippen molar-refractivity contribution < 1.29 is 14.3 Å². The molecule has 0 bridgehead atoms. The van der Waals surface area contributed by atoms with Crippen molar-refractivity contribution in [2.24, 2.45) is 29.6 Å². The third-order valence-electron chi connectivity index (χ3n) is 11.3. The Bertz CT molecular complexity index is 910. The highest BCUT2D eigenvalue weighted by molar-refractivity contribution is 5.82. The number of amides is 2. The van der Waals surface area contributed by atoms with Gasteiger partial charge in [0.2, 0.25) is 11.8 Å². The summed E-state index contributed by atoms with van der Waals surface area (Å²) in [6, 6.07) is 1.58. The SMILES string of the molecule is C=C(C)CC1C(OCC(=O)NCC2CCCN2CC)CCC2C1C1CCNC3C4CCCCC4C(=O)N2C13. The minimum absolute atomic E-state index is 0.00850. The van der Waals surface area contributed by atoms with Crippen molar-refractivity contribution in [2.45, 2.75) is 108 Å². The zero-order valence-corrected chi connectivity index (χ0v) is 23.7. The topological polar surface area (TPSA) is 73.9 Å². The summed E-state index contributed by atoms with van der Waals surface area (Å²) in [5.41, 5.74) is 1.19. The van der Waals surface area contributed by atoms with E-state index >= 15 is 0 Å². The molecule has 0 aromatic carbocycles. The molecular formula is C31H50N4O3. The van der Waals surface area contributed by atoms with Crippen LogP contribution >= 0.6 is 0 Å². The molecule has 0 spiro atoms. The van der Waals surface area contributed by atoms with Crippen LogP contribution in [0.3, 0.4) is 0 Å². The molecule has 10 atom stereocenters. The third-order valence-corrected chi connectivity index (χ3v) is 11.3. The number of nitrogens with one attached hydrogen (secondary N) is 2. The van der Waals surface area contributed by atoms with Gasteiger partial charge in [-0.05, 0) is 102 Å². The van der Waals surface area contributed by atoms with E-state index in [2.05, 4.69) is 40.9 Å². The molecule has 2 saturated carbocycles. The van der Waals surface area contributed by atoms with Crippen molar-refractivity contribution in [2.75, 3.05) is 32.8 Å². The van der Waals surface area contributed by atoms with Crippen LogP contribution in [0.1, 0.15) is 78.1 Å². The summed E-state index contributed by atoms with van der Waals surface area (Å²) < 4.78 is 6.46. The summed E-state index contributed by atoms with van der Waals surface area (Å²) in [6.45, 7) is 12.7. The molecular weight excluding hydrogens is 476 g/mol. The Morgan fingerprint density at radius 3 is 2.76 bits per heavy atom. The highest BCUT2D eigenvalue weighted by Gasteiger charge is 2.63. The molecule has 2 aliphatic carbocycles. The summed E-state index contributed by atoms with van der Waals surface area (Å²) in [4.78, 5) is 31.7. The maximum atomic E-state index is 14.0. The van der Waals surface area contributed by atoms with E-state index in [1.165, 1.54) is 31.3 Å². The van der Waals surface area contributed by atoms with Crippen LogP contribution in [-0.2, 0) is 14.3 Å². The molecule has 2 amide bonds. The molecule has 4 saturated heterocycles. The minimum atomic E-state index is 0.00850. The molecule has 10 unspecified atom stereocenters. The molecule has 4 aliphatic heterocycles. The summed E-state index contributed by atoms with van der Waals surface area (Å²) in [7, 11) is 0. The predicted octanol–water partition coefficient (Wildman–Crippen LogP) is 3.34. The van der Waals surface area contributed by atoms with Crippen LogP contribution in [0.15, 0.2) is 12.2 Å². The number of fused-ring (bicyclic) bond motifs is 5. The lowest BCUT2D eigenvalue weighted by atomic mass is 9.63. The average Bonchev–Trinajstić information content (AvgIpc) is 3.52. The average molecular weight is 527 g/mol. The van der Waals surface area contributed by atoms with Gasteiger partial charge in [-0.3, -0.25) is 14.5 Å². The maximum absolute atomic E-state index is 14.0. The molecule has 6 rings (SSSR count). The van der Waals surface area contributed by atoms with Crippen molar-refractivity contribution in [1.82, 2.24) is 20.4 Å². The molecule has 6 fully saturated rings. The van der Waals surface area contributed by atoms with Gasteiger partial charge in [-0.15, -0.1) is 6.58 Å². The molecule has 4 heterocycles. The lowest BCUT2D eigenvalue weighted by molar-refractivity contribution is -0.152. The number of likely N-dealkylation sites (N-methyl/N-ethyl adjacent to an activating group) is 1. The maximum Gasteiger partial charge on any atom is 0.246 e. The fourth-order valence-corrected chi connectivity index (χ4v) is 9.88. The fourth-order valence-electron chi connectivity index (χ4n) is 9.88. The van der Waals surface area contributed by atoms with Crippen molar-refractivity contribution >= 4 is 11.8 Å². The van der Waals surface area contributed by atoms with Gasteiger partial charge < -0.3 is 20.3 Å². The Morgan fingerprint density at radius 1 is 1.11 bits per heavy atom. The van der Waals surface area contributed by atoms with Gasteiger partial charge in [0, 0.05) is 30.6 Å². The monoisotopic (exact) mass is 526 g/mol. The lowest BCUT2D eigenvalue weighted by Crippen LogP contribution is -2.66. The summed E-state index contributed by atoms with van der Waals surface area (Å²) >= 11 is 0. The molecule has 0 aromatic rings. The number of hydrogen-bond acceptors (Lipinski definition) is 5. The van der Waals surface area contributed by atoms with Crippen LogP contribution in [0.5, 0.6) is 0 Å². The number of rotatable bonds is 8. The molecule has 0 aromatic heterocycles. The van der Waals surface area contributed by atoms with E-state index < -0.39 is 0 Å². The normalized spacial score (nSPS) is 42.4. The van der Waals surface area contributed by atoms with E-state index in [0.717, 1.165) is 64.7 Å². The van der Waals surface area contributed by atoms with Crippen LogP contribution in [0.4, 0.5) is 0 Å². The van der Waals surface area contributed by atoms with Gasteiger partial charge in [0.05, 0.1) is 12.1 Å². The minimum Gasteiger partial charge on any atom is -0.368 e. The molecule has 38 heavy (non-hydrogen) atoms. The second-order valence-electron chi connectivity index (χ2n) is 13.3. The molecule has 212 valence electrons. The van der Waals surface area contributed by atoms with Crippen molar-refractivity contribution in [3.63, 3.8) is 0 Å². The first-order valence-electron chi connectivity index (χ1n) is 15.8. The third kappa shape index (κ3) is 4.75. The highest BCUT2D eigenvalue weighted by Crippen LogP contribution is 2.56. The van der Waals surface area contributed by atoms with Crippen molar-refractivity contribution in [1.29, 1.82) is 0 Å². The Labute approximate surface area is 229 Å². The highest BCUT2D eigenvalue weighted by atomic mass is 16.5. The number of ether oxygens (including phenoxy) is 1. The second-order valence-corrected chi connectivity index (χ2v) is 13.3. The van der Waals surface area contributed by atoms with Crippen LogP contribution < -0.4 is 10.6 Å². The standard InChI is InChI=1S/C31H50N4O3/c1-4-34-15-7-8-20(34)17-33-27(36)18-38-26-12-11-25-28(24(26)16-19(2)3)23-13-14-32-29-21-9-5-6-10-22(21)31(37)35(25)30(23)29/h20-26,28-30,32H,2,4-18H2,1,3H3,(H,33,36). The summed E-state index contributed by atoms with van der Waals surface area (Å²) in [5.74, 6) is 2.50. The first-order chi connectivity index (χ1) is 18.5. The molecule has 7 nitrogen and oxygen atoms in total. The van der Waals surface area contributed by atoms with Gasteiger partial charge in [-0.2, -0.15) is 0 Å². The fraction of sp³-hybridized carbons (Fsp3) is 0.871. The number of likely N-dealkylation sites (tertiary alicyclic amines) is 1. The van der Waals surface area contributed by atoms with E-state index in [0.29, 0.717) is 53.7 Å². The van der Waals surface area contributed by atoms with E-state index in [1.807, 2.05) is 0 Å². The van der Waals surface area contributed by atoms with Gasteiger partial charge >= 0.3 is 0 Å². The van der Waals surface area contributed by atoms with Crippen LogP contribution in [0.2, 0.25) is 0 Å². The van der Waals surface area contributed by atoms with E-state index in [4.69, 9.17) is 4.74 Å². The number of carbonyl (C=O) groups excluding carboxylic acids is 2. The number of nitrogens with zero attached hydrogens (tertiary/aromatic N) is 2. The Kier molecular flexibility index (Phi) is 7.89. The Morgan fingerprint density at radius 2 is 1.95 bits per heavy atom. The lowest BCUT2D eigenvalue weighted by Gasteiger charge is -2.52. The summed E-state index contributed by atoms with van der Waals surface area (Å²) in [5, 5.41) is 7.06. The molecule has 0 radical (unpaired) electrons. The van der Waals surface area contributed by atoms with Crippen LogP contribution in [-0.4, -0.2) is 84.7 Å². The zero-order valence-electron chi connectivity index (χ0n) is 23.7. The number of allylic oxidation sites excluding steroid dienone is 1. The van der Waals surface area contributed by atoms with E-state index in [9.17, 15) is 9.59 Å². The van der Waals surface area contributed by atoms with Gasteiger partial charge in [0.15, 0.2) is 0 Å². The van der Waals surface area contributed by atoms with E-state index in [-0.39, 0.29) is 24.5 Å². The van der Waals surface area contributed by atoms with Gasteiger partial charge in [0.1, 0.15) is 6.61 Å². The van der Waals surface area contributed by atoms with Gasteiger partial charge in [0.25, 0.3) is 0 Å². The van der Waals surface area contributed by atoms with Crippen LogP contribution in [0, 0.1) is 29.6 Å². The van der Waals surface area contributed by atoms with Crippen molar-refractivity contribution in [3.8, 4) is 0 Å². The van der Waals surface area contributed by atoms with E-state index in [1.54, 1.807) is 0 Å². The number of hydrogen-bond donors (Lipinski definition) is 2. The molecule has 2 N–H and O–H groups in total.